The number of hydrogen-bond acceptors (Lipinski definition) is 5. The van der Waals surface area contributed by atoms with Crippen LogP contribution in [-0.4, -0.2) is 33.4 Å². The molecule has 0 aromatic carbocycles. The van der Waals surface area contributed by atoms with Gasteiger partial charge < -0.3 is 10.1 Å². The Morgan fingerprint density at radius 3 is 2.75 bits per heavy atom. The molecule has 1 fully saturated rings. The number of carbonyl (C=O) groups is 1. The summed E-state index contributed by atoms with van der Waals surface area (Å²) in [5, 5.41) is 8.93. The molecule has 1 N–H and O–H groups in total. The van der Waals surface area contributed by atoms with Gasteiger partial charge >= 0.3 is 5.97 Å². The molecule has 0 saturated heterocycles. The fraction of sp³-hybridized carbons (Fsp3) is 0.611. The Bertz CT molecular complexity index is 732. The van der Waals surface area contributed by atoms with Crippen LogP contribution in [0.3, 0.4) is 0 Å². The van der Waals surface area contributed by atoms with Crippen LogP contribution in [0.1, 0.15) is 62.0 Å². The minimum absolute atomic E-state index is 0.313. The van der Waals surface area contributed by atoms with Crippen LogP contribution < -0.4 is 5.32 Å². The summed E-state index contributed by atoms with van der Waals surface area (Å²) < 4.78 is 7.14. The number of nitrogens with one attached hydrogen (secondary N) is 1. The van der Waals surface area contributed by atoms with Gasteiger partial charge in [0.25, 0.3) is 0 Å². The van der Waals surface area contributed by atoms with E-state index in [0.29, 0.717) is 23.9 Å². The number of anilines is 1. The zero-order valence-corrected chi connectivity index (χ0v) is 14.8. The quantitative estimate of drug-likeness (QED) is 0.847. The van der Waals surface area contributed by atoms with Gasteiger partial charge in [-0.3, -0.25) is 0 Å². The van der Waals surface area contributed by atoms with E-state index in [1.165, 1.54) is 19.3 Å². The standard InChI is InChI=1S/C18H26N4O2/c1-4-22-17-14(11-19-22)16(21-13-9-7-6-8-10-13)15(12(3)20-17)18(23)24-5-2/h11,13H,4-10H2,1-3H3,(H,20,21). The van der Waals surface area contributed by atoms with Crippen LogP contribution in [0.4, 0.5) is 5.69 Å². The average molecular weight is 330 g/mol. The zero-order valence-electron chi connectivity index (χ0n) is 14.8. The van der Waals surface area contributed by atoms with Crippen LogP contribution in [0.5, 0.6) is 0 Å². The van der Waals surface area contributed by atoms with Gasteiger partial charge in [0.1, 0.15) is 5.56 Å². The van der Waals surface area contributed by atoms with Crippen molar-refractivity contribution in [2.24, 2.45) is 0 Å². The average Bonchev–Trinajstić information content (AvgIpc) is 2.98. The van der Waals surface area contributed by atoms with Crippen molar-refractivity contribution in [3.05, 3.63) is 17.5 Å². The smallest absolute Gasteiger partial charge is 0.342 e. The van der Waals surface area contributed by atoms with Gasteiger partial charge in [0.2, 0.25) is 0 Å². The van der Waals surface area contributed by atoms with Gasteiger partial charge in [-0.1, -0.05) is 19.3 Å². The Balaban J connectivity index is 2.10. The highest BCUT2D eigenvalue weighted by atomic mass is 16.5. The van der Waals surface area contributed by atoms with Crippen molar-refractivity contribution in [3.8, 4) is 0 Å². The van der Waals surface area contributed by atoms with E-state index in [2.05, 4.69) is 15.4 Å². The second-order valence-electron chi connectivity index (χ2n) is 6.34. The molecule has 0 atom stereocenters. The number of rotatable bonds is 5. The van der Waals surface area contributed by atoms with Crippen LogP contribution in [-0.2, 0) is 11.3 Å². The van der Waals surface area contributed by atoms with Gasteiger partial charge in [-0.05, 0) is 33.6 Å². The van der Waals surface area contributed by atoms with Crippen molar-refractivity contribution in [1.82, 2.24) is 14.8 Å². The van der Waals surface area contributed by atoms with Gasteiger partial charge in [-0.25, -0.2) is 14.5 Å². The SMILES string of the molecule is CCOC(=O)c1c(C)nc2c(cnn2CC)c1NC1CCCCC1. The summed E-state index contributed by atoms with van der Waals surface area (Å²) in [6, 6.07) is 0.391. The molecule has 0 amide bonds. The maximum absolute atomic E-state index is 12.5. The molecule has 1 aliphatic carbocycles. The van der Waals surface area contributed by atoms with Crippen LogP contribution in [0.15, 0.2) is 6.20 Å². The van der Waals surface area contributed by atoms with Crippen LogP contribution in [0.25, 0.3) is 11.0 Å². The molecule has 1 saturated carbocycles. The molecule has 0 spiro atoms. The van der Waals surface area contributed by atoms with E-state index >= 15 is 0 Å². The van der Waals surface area contributed by atoms with Crippen molar-refractivity contribution >= 4 is 22.7 Å². The van der Waals surface area contributed by atoms with E-state index in [0.717, 1.165) is 36.1 Å². The topological polar surface area (TPSA) is 69.0 Å². The molecule has 130 valence electrons. The maximum Gasteiger partial charge on any atom is 0.342 e. The van der Waals surface area contributed by atoms with Crippen LogP contribution in [0, 0.1) is 6.92 Å². The van der Waals surface area contributed by atoms with E-state index in [-0.39, 0.29) is 5.97 Å². The van der Waals surface area contributed by atoms with Crippen molar-refractivity contribution in [2.45, 2.75) is 65.5 Å². The summed E-state index contributed by atoms with van der Waals surface area (Å²) in [6.45, 7) is 6.83. The first kappa shape index (κ1) is 16.7. The molecule has 24 heavy (non-hydrogen) atoms. The highest BCUT2D eigenvalue weighted by Gasteiger charge is 2.24. The molecule has 3 rings (SSSR count). The summed E-state index contributed by atoms with van der Waals surface area (Å²) in [5.74, 6) is -0.313. The lowest BCUT2D eigenvalue weighted by atomic mass is 9.94. The first-order valence-electron chi connectivity index (χ1n) is 8.95. The van der Waals surface area contributed by atoms with Gasteiger partial charge in [0, 0.05) is 12.6 Å². The summed E-state index contributed by atoms with van der Waals surface area (Å²) in [6.07, 6.45) is 7.82. The summed E-state index contributed by atoms with van der Waals surface area (Å²) in [7, 11) is 0. The molecule has 0 unspecified atom stereocenters. The third kappa shape index (κ3) is 3.09. The van der Waals surface area contributed by atoms with Gasteiger partial charge in [0.15, 0.2) is 5.65 Å². The number of esters is 1. The summed E-state index contributed by atoms with van der Waals surface area (Å²) >= 11 is 0. The van der Waals surface area contributed by atoms with Crippen LogP contribution in [0.2, 0.25) is 0 Å². The van der Waals surface area contributed by atoms with E-state index < -0.39 is 0 Å². The predicted octanol–water partition coefficient (Wildman–Crippen LogP) is 3.68. The highest BCUT2D eigenvalue weighted by Crippen LogP contribution is 2.32. The van der Waals surface area contributed by atoms with Crippen molar-refractivity contribution in [1.29, 1.82) is 0 Å². The molecular formula is C18H26N4O2. The third-order valence-corrected chi connectivity index (χ3v) is 4.70. The fourth-order valence-corrected chi connectivity index (χ4v) is 3.49. The Hall–Kier alpha value is -2.11. The zero-order chi connectivity index (χ0) is 17.1. The number of hydrogen-bond donors (Lipinski definition) is 1. The van der Waals surface area contributed by atoms with Gasteiger partial charge in [0.05, 0.1) is 29.6 Å². The molecule has 0 bridgehead atoms. The Kier molecular flexibility index (Phi) is 5.02. The summed E-state index contributed by atoms with van der Waals surface area (Å²) in [5.41, 5.74) is 2.89. The number of carbonyl (C=O) groups excluding carboxylic acids is 1. The number of fused-ring (bicyclic) bond motifs is 1. The van der Waals surface area contributed by atoms with Gasteiger partial charge in [-0.2, -0.15) is 5.10 Å². The monoisotopic (exact) mass is 330 g/mol. The molecule has 2 heterocycles. The molecule has 6 nitrogen and oxygen atoms in total. The number of aryl methyl sites for hydroxylation is 2. The molecule has 1 aliphatic rings. The molecule has 2 aromatic heterocycles. The first-order chi connectivity index (χ1) is 11.7. The number of pyridine rings is 1. The van der Waals surface area contributed by atoms with Gasteiger partial charge in [-0.15, -0.1) is 0 Å². The molecule has 2 aromatic rings. The Morgan fingerprint density at radius 2 is 2.08 bits per heavy atom. The van der Waals surface area contributed by atoms with E-state index in [9.17, 15) is 4.79 Å². The molecule has 6 heteroatoms. The minimum Gasteiger partial charge on any atom is -0.462 e. The molecular weight excluding hydrogens is 304 g/mol. The number of ether oxygens (including phenoxy) is 1. The van der Waals surface area contributed by atoms with Crippen molar-refractivity contribution in [2.75, 3.05) is 11.9 Å². The van der Waals surface area contributed by atoms with Crippen LogP contribution >= 0.6 is 0 Å². The van der Waals surface area contributed by atoms with E-state index in [4.69, 9.17) is 4.74 Å². The fourth-order valence-electron chi connectivity index (χ4n) is 3.49. The molecule has 0 aliphatic heterocycles. The second kappa shape index (κ2) is 7.20. The maximum atomic E-state index is 12.5. The number of nitrogens with zero attached hydrogens (tertiary/aromatic N) is 3. The van der Waals surface area contributed by atoms with E-state index in [1.54, 1.807) is 6.20 Å². The highest BCUT2D eigenvalue weighted by molar-refractivity contribution is 6.05. The lowest BCUT2D eigenvalue weighted by Crippen LogP contribution is -2.24. The summed E-state index contributed by atoms with van der Waals surface area (Å²) in [4.78, 5) is 17.1. The largest absolute Gasteiger partial charge is 0.462 e. The van der Waals surface area contributed by atoms with Crippen molar-refractivity contribution in [3.63, 3.8) is 0 Å². The molecule has 0 radical (unpaired) electrons. The lowest BCUT2D eigenvalue weighted by Gasteiger charge is -2.25. The van der Waals surface area contributed by atoms with E-state index in [1.807, 2.05) is 25.5 Å². The Labute approximate surface area is 142 Å². The number of aromatic nitrogens is 3. The normalized spacial score (nSPS) is 15.6. The van der Waals surface area contributed by atoms with Crippen molar-refractivity contribution < 1.29 is 9.53 Å². The Morgan fingerprint density at radius 1 is 1.33 bits per heavy atom. The predicted molar refractivity (Wildman–Crippen MR) is 94.4 cm³/mol. The first-order valence-corrected chi connectivity index (χ1v) is 8.95. The second-order valence-corrected chi connectivity index (χ2v) is 6.34. The third-order valence-electron chi connectivity index (χ3n) is 4.70. The lowest BCUT2D eigenvalue weighted by molar-refractivity contribution is 0.0526. The minimum atomic E-state index is -0.313.